The van der Waals surface area contributed by atoms with Crippen molar-refractivity contribution in [2.75, 3.05) is 0 Å². The Morgan fingerprint density at radius 3 is 2.79 bits per heavy atom. The summed E-state index contributed by atoms with van der Waals surface area (Å²) in [5.41, 5.74) is 2.62. The summed E-state index contributed by atoms with van der Waals surface area (Å²) in [4.78, 5) is 0.692. The zero-order valence-electron chi connectivity index (χ0n) is 12.9. The van der Waals surface area contributed by atoms with Gasteiger partial charge in [0.2, 0.25) is 4.96 Å². The van der Waals surface area contributed by atoms with E-state index in [1.54, 1.807) is 10.6 Å². The van der Waals surface area contributed by atoms with Gasteiger partial charge in [0.25, 0.3) is 0 Å². The van der Waals surface area contributed by atoms with E-state index >= 15 is 0 Å². The molecule has 0 saturated heterocycles. The van der Waals surface area contributed by atoms with Crippen LogP contribution < -0.4 is 0 Å². The highest BCUT2D eigenvalue weighted by Gasteiger charge is 2.19. The normalized spacial score (nSPS) is 11.5. The molecule has 3 heterocycles. The summed E-state index contributed by atoms with van der Waals surface area (Å²) in [5, 5.41) is 19.3. The summed E-state index contributed by atoms with van der Waals surface area (Å²) < 4.78 is 3.62. The molecular weight excluding hydrogens is 367 g/mol. The van der Waals surface area contributed by atoms with E-state index in [2.05, 4.69) is 20.4 Å². The molecule has 0 bridgehead atoms. The highest BCUT2D eigenvalue weighted by atomic mass is 35.5. The minimum Gasteiger partial charge on any atom is -0.262 e. The van der Waals surface area contributed by atoms with E-state index in [9.17, 15) is 0 Å². The van der Waals surface area contributed by atoms with Crippen molar-refractivity contribution in [1.82, 2.24) is 29.6 Å². The monoisotopic (exact) mass is 378 g/mol. The van der Waals surface area contributed by atoms with Crippen LogP contribution in [-0.2, 0) is 6.54 Å². The van der Waals surface area contributed by atoms with E-state index in [-0.39, 0.29) is 0 Å². The first-order valence-corrected chi connectivity index (χ1v) is 8.87. The molecular formula is C15H12Cl2N6S. The SMILES string of the molecule is CCn1nc(C)cc1-c1nn2c(-c3cccc(Cl)c3Cl)nnc2s1. The smallest absolute Gasteiger partial charge is 0.235 e. The van der Waals surface area contributed by atoms with Crippen LogP contribution in [0.25, 0.3) is 27.1 Å². The van der Waals surface area contributed by atoms with Crippen LogP contribution in [-0.4, -0.2) is 29.6 Å². The van der Waals surface area contributed by atoms with Gasteiger partial charge in [-0.25, -0.2) is 0 Å². The molecule has 0 atom stereocenters. The highest BCUT2D eigenvalue weighted by molar-refractivity contribution is 7.19. The lowest BCUT2D eigenvalue weighted by atomic mass is 10.2. The highest BCUT2D eigenvalue weighted by Crippen LogP contribution is 2.34. The van der Waals surface area contributed by atoms with Crippen molar-refractivity contribution in [3.63, 3.8) is 0 Å². The summed E-state index contributed by atoms with van der Waals surface area (Å²) in [6.45, 7) is 4.79. The van der Waals surface area contributed by atoms with E-state index in [4.69, 9.17) is 23.2 Å². The summed E-state index contributed by atoms with van der Waals surface area (Å²) in [6.07, 6.45) is 0. The predicted molar refractivity (Wildman–Crippen MR) is 95.7 cm³/mol. The lowest BCUT2D eigenvalue weighted by molar-refractivity contribution is 0.659. The largest absolute Gasteiger partial charge is 0.262 e. The van der Waals surface area contributed by atoms with Crippen LogP contribution in [0, 0.1) is 6.92 Å². The first-order chi connectivity index (χ1) is 11.6. The van der Waals surface area contributed by atoms with Crippen LogP contribution in [0.2, 0.25) is 10.0 Å². The van der Waals surface area contributed by atoms with Crippen molar-refractivity contribution in [1.29, 1.82) is 0 Å². The van der Waals surface area contributed by atoms with Crippen LogP contribution in [0.5, 0.6) is 0 Å². The Bertz CT molecular complexity index is 1050. The van der Waals surface area contributed by atoms with Gasteiger partial charge >= 0.3 is 0 Å². The van der Waals surface area contributed by atoms with Gasteiger partial charge in [-0.15, -0.1) is 10.2 Å². The number of benzene rings is 1. The second-order valence-corrected chi connectivity index (χ2v) is 6.95. The first-order valence-electron chi connectivity index (χ1n) is 7.30. The van der Waals surface area contributed by atoms with Crippen molar-refractivity contribution < 1.29 is 0 Å². The molecule has 24 heavy (non-hydrogen) atoms. The Kier molecular flexibility index (Phi) is 3.79. The molecule has 6 nitrogen and oxygen atoms in total. The molecule has 0 unspecified atom stereocenters. The number of hydrogen-bond donors (Lipinski definition) is 0. The summed E-state index contributed by atoms with van der Waals surface area (Å²) in [7, 11) is 0. The molecule has 1 aromatic carbocycles. The number of hydrogen-bond acceptors (Lipinski definition) is 5. The number of aryl methyl sites for hydroxylation is 2. The van der Waals surface area contributed by atoms with Crippen molar-refractivity contribution in [3.8, 4) is 22.1 Å². The first kappa shape index (κ1) is 15.6. The molecule has 0 saturated carbocycles. The topological polar surface area (TPSA) is 60.9 Å². The minimum absolute atomic E-state index is 0.442. The quantitative estimate of drug-likeness (QED) is 0.531. The van der Waals surface area contributed by atoms with Crippen LogP contribution >= 0.6 is 34.5 Å². The fraction of sp³-hybridized carbons (Fsp3) is 0.200. The van der Waals surface area contributed by atoms with Crippen molar-refractivity contribution in [2.45, 2.75) is 20.4 Å². The molecule has 3 aromatic heterocycles. The molecule has 0 spiro atoms. The van der Waals surface area contributed by atoms with Gasteiger partial charge in [0.15, 0.2) is 10.8 Å². The van der Waals surface area contributed by atoms with Gasteiger partial charge in [0.05, 0.1) is 21.4 Å². The number of nitrogens with zero attached hydrogens (tertiary/aromatic N) is 6. The van der Waals surface area contributed by atoms with Gasteiger partial charge in [-0.05, 0) is 32.0 Å². The Morgan fingerprint density at radius 2 is 2.00 bits per heavy atom. The Hall–Kier alpha value is -1.96. The van der Waals surface area contributed by atoms with E-state index in [0.29, 0.717) is 26.4 Å². The summed E-state index contributed by atoms with van der Waals surface area (Å²) in [6, 6.07) is 7.43. The average molecular weight is 379 g/mol. The van der Waals surface area contributed by atoms with Crippen LogP contribution in [0.15, 0.2) is 24.3 Å². The minimum atomic E-state index is 0.442. The molecule has 0 aliphatic heterocycles. The van der Waals surface area contributed by atoms with Crippen molar-refractivity contribution in [3.05, 3.63) is 40.0 Å². The molecule has 0 aliphatic rings. The van der Waals surface area contributed by atoms with E-state index in [1.165, 1.54) is 11.3 Å². The van der Waals surface area contributed by atoms with E-state index < -0.39 is 0 Å². The van der Waals surface area contributed by atoms with Crippen molar-refractivity contribution >= 4 is 39.5 Å². The van der Waals surface area contributed by atoms with Gasteiger partial charge < -0.3 is 0 Å². The van der Waals surface area contributed by atoms with E-state index in [0.717, 1.165) is 22.9 Å². The number of aromatic nitrogens is 6. The van der Waals surface area contributed by atoms with Gasteiger partial charge in [-0.3, -0.25) is 4.68 Å². The second kappa shape index (κ2) is 5.84. The van der Waals surface area contributed by atoms with Gasteiger partial charge in [-0.2, -0.15) is 14.7 Å². The Labute approximate surface area is 151 Å². The van der Waals surface area contributed by atoms with E-state index in [1.807, 2.05) is 36.7 Å². The third-order valence-electron chi connectivity index (χ3n) is 3.60. The summed E-state index contributed by atoms with van der Waals surface area (Å²) >= 11 is 13.9. The number of halogens is 2. The fourth-order valence-electron chi connectivity index (χ4n) is 2.52. The lowest BCUT2D eigenvalue weighted by Crippen LogP contribution is -1.99. The zero-order valence-corrected chi connectivity index (χ0v) is 15.2. The molecule has 9 heteroatoms. The lowest BCUT2D eigenvalue weighted by Gasteiger charge is -2.02. The second-order valence-electron chi connectivity index (χ2n) is 5.21. The molecule has 0 N–H and O–H groups in total. The van der Waals surface area contributed by atoms with Crippen LogP contribution in [0.1, 0.15) is 12.6 Å². The maximum Gasteiger partial charge on any atom is 0.235 e. The molecule has 0 radical (unpaired) electrons. The Morgan fingerprint density at radius 1 is 1.17 bits per heavy atom. The molecule has 0 aliphatic carbocycles. The van der Waals surface area contributed by atoms with Crippen LogP contribution in [0.3, 0.4) is 0 Å². The molecule has 4 rings (SSSR count). The number of rotatable bonds is 3. The maximum absolute atomic E-state index is 6.31. The number of fused-ring (bicyclic) bond motifs is 1. The zero-order chi connectivity index (χ0) is 16.8. The van der Waals surface area contributed by atoms with Gasteiger partial charge in [0, 0.05) is 12.1 Å². The third kappa shape index (κ3) is 2.40. The standard InChI is InChI=1S/C15H12Cl2N6S/c1-3-22-11(7-8(2)20-22)14-21-23-13(18-19-15(23)24-14)9-5-4-6-10(16)12(9)17/h4-7H,3H2,1-2H3. The molecule has 0 fully saturated rings. The van der Waals surface area contributed by atoms with Crippen LogP contribution in [0.4, 0.5) is 0 Å². The van der Waals surface area contributed by atoms with Crippen molar-refractivity contribution in [2.24, 2.45) is 0 Å². The van der Waals surface area contributed by atoms with Gasteiger partial charge in [-0.1, -0.05) is 40.6 Å². The fourth-order valence-corrected chi connectivity index (χ4v) is 3.77. The third-order valence-corrected chi connectivity index (χ3v) is 5.34. The Balaban J connectivity index is 1.89. The molecule has 0 amide bonds. The maximum atomic E-state index is 6.31. The predicted octanol–water partition coefficient (Wildman–Crippen LogP) is 4.35. The van der Waals surface area contributed by atoms with Gasteiger partial charge in [0.1, 0.15) is 0 Å². The summed E-state index contributed by atoms with van der Waals surface area (Å²) in [5.74, 6) is 0.569. The average Bonchev–Trinajstić information content (AvgIpc) is 3.23. The molecule has 4 aromatic rings. The molecule has 122 valence electrons.